The molecule has 0 aliphatic carbocycles. The van der Waals surface area contributed by atoms with E-state index in [0.29, 0.717) is 19.8 Å². The van der Waals surface area contributed by atoms with Crippen molar-refractivity contribution in [3.8, 4) is 0 Å². The Kier molecular flexibility index (Phi) is 15.6. The van der Waals surface area contributed by atoms with Gasteiger partial charge in [-0.3, -0.25) is 0 Å². The first-order chi connectivity index (χ1) is 10.7. The van der Waals surface area contributed by atoms with Gasteiger partial charge in [0.25, 0.3) is 5.97 Å². The molecule has 0 N–H and O–H groups in total. The monoisotopic (exact) mass is 330 g/mol. The van der Waals surface area contributed by atoms with Gasteiger partial charge in [0.1, 0.15) is 0 Å². The van der Waals surface area contributed by atoms with Crippen LogP contribution in [0.2, 0.25) is 6.04 Å². The van der Waals surface area contributed by atoms with Crippen LogP contribution in [0.3, 0.4) is 0 Å². The Morgan fingerprint density at radius 2 is 1.27 bits per heavy atom. The van der Waals surface area contributed by atoms with Gasteiger partial charge in [0.05, 0.1) is 19.8 Å². The summed E-state index contributed by atoms with van der Waals surface area (Å²) in [5, 5.41) is 0. The molecule has 0 saturated carbocycles. The number of hydrogen-bond acceptors (Lipinski definition) is 3. The third-order valence-electron chi connectivity index (χ3n) is 3.60. The summed E-state index contributed by atoms with van der Waals surface area (Å²) in [6, 6.07) is 1.25. The van der Waals surface area contributed by atoms with Gasteiger partial charge < -0.3 is 14.2 Å². The Morgan fingerprint density at radius 1 is 0.818 bits per heavy atom. The minimum atomic E-state index is -0.810. The first-order valence-corrected chi connectivity index (χ1v) is 11.1. The molecule has 0 bridgehead atoms. The molecule has 0 aromatic rings. The van der Waals surface area contributed by atoms with E-state index >= 15 is 0 Å². The molecule has 3 nitrogen and oxygen atoms in total. The minimum absolute atomic E-state index is 0.121. The van der Waals surface area contributed by atoms with Crippen LogP contribution >= 0.6 is 0 Å². The molecular formula is C18H38O3Si. The first kappa shape index (κ1) is 21.8. The van der Waals surface area contributed by atoms with Gasteiger partial charge >= 0.3 is 0 Å². The highest BCUT2D eigenvalue weighted by Crippen LogP contribution is 2.25. The van der Waals surface area contributed by atoms with Crippen molar-refractivity contribution < 1.29 is 14.2 Å². The lowest BCUT2D eigenvalue weighted by molar-refractivity contribution is -0.384. The van der Waals surface area contributed by atoms with Gasteiger partial charge in [-0.25, -0.2) is 0 Å². The van der Waals surface area contributed by atoms with Gasteiger partial charge in [0.15, 0.2) is 0 Å². The highest BCUT2D eigenvalue weighted by Gasteiger charge is 2.32. The topological polar surface area (TPSA) is 27.7 Å². The van der Waals surface area contributed by atoms with Crippen molar-refractivity contribution in [2.75, 3.05) is 19.8 Å². The van der Waals surface area contributed by atoms with E-state index in [1.807, 2.05) is 0 Å². The molecule has 0 spiro atoms. The second-order valence-corrected chi connectivity index (χ2v) is 7.69. The third-order valence-corrected chi connectivity index (χ3v) is 4.92. The molecule has 132 valence electrons. The summed E-state index contributed by atoms with van der Waals surface area (Å²) in [6.45, 7) is 12.5. The molecule has 0 fully saturated rings. The van der Waals surface area contributed by atoms with Crippen LogP contribution in [0.15, 0.2) is 12.3 Å². The van der Waals surface area contributed by atoms with Crippen LogP contribution in [-0.4, -0.2) is 35.3 Å². The van der Waals surface area contributed by atoms with Crippen molar-refractivity contribution in [1.29, 1.82) is 0 Å². The normalized spacial score (nSPS) is 12.3. The summed E-state index contributed by atoms with van der Waals surface area (Å²) in [5.74, 6) is -0.810. The predicted molar refractivity (Wildman–Crippen MR) is 98.1 cm³/mol. The summed E-state index contributed by atoms with van der Waals surface area (Å²) in [5.41, 5.74) is 2.11. The van der Waals surface area contributed by atoms with E-state index in [-0.39, 0.29) is 9.52 Å². The van der Waals surface area contributed by atoms with E-state index in [4.69, 9.17) is 14.2 Å². The summed E-state index contributed by atoms with van der Waals surface area (Å²) in [6.07, 6.45) is 8.48. The van der Waals surface area contributed by atoms with Gasteiger partial charge in [0.2, 0.25) is 0 Å². The van der Waals surface area contributed by atoms with Crippen LogP contribution in [-0.2, 0) is 14.2 Å². The number of ether oxygens (including phenoxy) is 3. The fraction of sp³-hybridized carbons (Fsp3) is 0.889. The van der Waals surface area contributed by atoms with Gasteiger partial charge in [-0.2, -0.15) is 0 Å². The van der Waals surface area contributed by atoms with E-state index in [9.17, 15) is 0 Å². The number of rotatable bonds is 17. The molecule has 0 amide bonds. The Balaban J connectivity index is 4.56. The molecule has 4 heteroatoms. The number of hydrogen-bond donors (Lipinski definition) is 0. The van der Waals surface area contributed by atoms with Crippen LogP contribution in [0, 0.1) is 0 Å². The Morgan fingerprint density at radius 3 is 1.64 bits per heavy atom. The maximum absolute atomic E-state index is 6.09. The van der Waals surface area contributed by atoms with Crippen molar-refractivity contribution in [3.05, 3.63) is 12.3 Å². The standard InChI is InChI=1S/C18H38O3Si/c1-5-9-14-19-18(20-15-10-6-2,21-16-11-7-3)13-12-17-22-8-4/h8H,4-7,9-17,22H2,1-3H3. The largest absolute Gasteiger partial charge is 0.327 e. The molecule has 0 radical (unpaired) electrons. The van der Waals surface area contributed by atoms with Crippen LogP contribution in [0.4, 0.5) is 0 Å². The maximum atomic E-state index is 6.09. The van der Waals surface area contributed by atoms with Crippen molar-refractivity contribution in [3.63, 3.8) is 0 Å². The molecule has 0 aromatic heterocycles. The number of unbranched alkanes of at least 4 members (excludes halogenated alkanes) is 3. The summed E-state index contributed by atoms with van der Waals surface area (Å²) in [4.78, 5) is 0. The third kappa shape index (κ3) is 11.4. The Hall–Kier alpha value is -0.163. The molecular weight excluding hydrogens is 292 g/mol. The molecule has 0 atom stereocenters. The lowest BCUT2D eigenvalue weighted by atomic mass is 10.2. The van der Waals surface area contributed by atoms with Gasteiger partial charge in [-0.05, 0) is 25.7 Å². The molecule has 0 aliphatic heterocycles. The van der Waals surface area contributed by atoms with Gasteiger partial charge in [-0.15, -0.1) is 12.3 Å². The lowest BCUT2D eigenvalue weighted by Crippen LogP contribution is -2.40. The zero-order valence-corrected chi connectivity index (χ0v) is 16.6. The maximum Gasteiger partial charge on any atom is 0.282 e. The second-order valence-electron chi connectivity index (χ2n) is 5.82. The van der Waals surface area contributed by atoms with E-state index in [1.54, 1.807) is 0 Å². The molecule has 0 aromatic carbocycles. The molecule has 0 rings (SSSR count). The fourth-order valence-corrected chi connectivity index (χ4v) is 2.92. The van der Waals surface area contributed by atoms with Crippen molar-refractivity contribution in [1.82, 2.24) is 0 Å². The first-order valence-electron chi connectivity index (χ1n) is 9.27. The highest BCUT2D eigenvalue weighted by molar-refractivity contribution is 6.41. The summed E-state index contributed by atoms with van der Waals surface area (Å²) < 4.78 is 18.3. The summed E-state index contributed by atoms with van der Waals surface area (Å²) in [7, 11) is -0.121. The van der Waals surface area contributed by atoms with Crippen LogP contribution in [0.1, 0.15) is 72.1 Å². The minimum Gasteiger partial charge on any atom is -0.327 e. The van der Waals surface area contributed by atoms with Crippen molar-refractivity contribution >= 4 is 9.52 Å². The second kappa shape index (κ2) is 15.7. The SMILES string of the molecule is C=C[SiH2]CCCC(OCCCC)(OCCCC)OCCCC. The van der Waals surface area contributed by atoms with Crippen LogP contribution in [0.5, 0.6) is 0 Å². The molecule has 0 heterocycles. The van der Waals surface area contributed by atoms with Crippen LogP contribution < -0.4 is 0 Å². The molecule has 0 aliphatic rings. The smallest absolute Gasteiger partial charge is 0.282 e. The zero-order valence-electron chi connectivity index (χ0n) is 15.2. The van der Waals surface area contributed by atoms with E-state index in [0.717, 1.165) is 51.4 Å². The average molecular weight is 331 g/mol. The zero-order chi connectivity index (χ0) is 16.5. The molecule has 22 heavy (non-hydrogen) atoms. The van der Waals surface area contributed by atoms with Crippen LogP contribution in [0.25, 0.3) is 0 Å². The van der Waals surface area contributed by atoms with Crippen molar-refractivity contribution in [2.45, 2.75) is 84.2 Å². The van der Waals surface area contributed by atoms with Gasteiger partial charge in [-0.1, -0.05) is 46.1 Å². The van der Waals surface area contributed by atoms with E-state index < -0.39 is 5.97 Å². The van der Waals surface area contributed by atoms with E-state index in [2.05, 4.69) is 33.0 Å². The molecule has 0 unspecified atom stereocenters. The Labute approximate surface area is 140 Å². The molecule has 0 saturated heterocycles. The Bertz CT molecular complexity index is 220. The highest BCUT2D eigenvalue weighted by atomic mass is 28.2. The lowest BCUT2D eigenvalue weighted by Gasteiger charge is -2.33. The summed E-state index contributed by atoms with van der Waals surface area (Å²) >= 11 is 0. The van der Waals surface area contributed by atoms with Gasteiger partial charge in [0, 0.05) is 15.9 Å². The average Bonchev–Trinajstić information content (AvgIpc) is 2.52. The van der Waals surface area contributed by atoms with E-state index in [1.165, 1.54) is 6.04 Å². The predicted octanol–water partition coefficient (Wildman–Crippen LogP) is 4.60. The fourth-order valence-electron chi connectivity index (χ4n) is 2.09. The quantitative estimate of drug-likeness (QED) is 0.222. The van der Waals surface area contributed by atoms with Crippen molar-refractivity contribution in [2.24, 2.45) is 0 Å².